The molecule has 0 saturated heterocycles. The number of fused-ring (bicyclic) bond motifs is 1. The summed E-state index contributed by atoms with van der Waals surface area (Å²) in [6, 6.07) is 6.14. The summed E-state index contributed by atoms with van der Waals surface area (Å²) >= 11 is 0. The van der Waals surface area contributed by atoms with Crippen LogP contribution >= 0.6 is 0 Å². The van der Waals surface area contributed by atoms with Gasteiger partial charge in [-0.3, -0.25) is 9.59 Å². The molecule has 0 spiro atoms. The Labute approximate surface area is 132 Å². The van der Waals surface area contributed by atoms with Crippen molar-refractivity contribution in [3.8, 4) is 0 Å². The van der Waals surface area contributed by atoms with Crippen LogP contribution in [0.5, 0.6) is 0 Å². The van der Waals surface area contributed by atoms with Gasteiger partial charge in [0.1, 0.15) is 0 Å². The Bertz CT molecular complexity index is 540. The van der Waals surface area contributed by atoms with Gasteiger partial charge in [0, 0.05) is 24.6 Å². The molecule has 22 heavy (non-hydrogen) atoms. The lowest BCUT2D eigenvalue weighted by atomic mass is 9.90. The van der Waals surface area contributed by atoms with Crippen LogP contribution in [0.2, 0.25) is 0 Å². The van der Waals surface area contributed by atoms with E-state index in [9.17, 15) is 9.59 Å². The molecule has 2 rings (SSSR count). The van der Waals surface area contributed by atoms with E-state index in [1.165, 1.54) is 24.0 Å². The van der Waals surface area contributed by atoms with Crippen molar-refractivity contribution in [3.05, 3.63) is 34.9 Å². The highest BCUT2D eigenvalue weighted by molar-refractivity contribution is 5.94. The third kappa shape index (κ3) is 4.58. The molecule has 0 saturated carbocycles. The van der Waals surface area contributed by atoms with Crippen LogP contribution in [-0.4, -0.2) is 24.4 Å². The van der Waals surface area contributed by atoms with Gasteiger partial charge in [0.05, 0.1) is 0 Å². The molecule has 2 N–H and O–H groups in total. The van der Waals surface area contributed by atoms with E-state index in [4.69, 9.17) is 0 Å². The molecule has 1 aliphatic rings. The van der Waals surface area contributed by atoms with E-state index in [0.29, 0.717) is 18.5 Å². The molecule has 0 fully saturated rings. The molecular weight excluding hydrogens is 276 g/mol. The van der Waals surface area contributed by atoms with Gasteiger partial charge in [-0.15, -0.1) is 0 Å². The first kappa shape index (κ1) is 16.5. The molecule has 1 atom stereocenters. The summed E-state index contributed by atoms with van der Waals surface area (Å²) in [5.41, 5.74) is 3.37. The van der Waals surface area contributed by atoms with Gasteiger partial charge >= 0.3 is 0 Å². The fraction of sp³-hybridized carbons (Fsp3) is 0.556. The number of rotatable bonds is 6. The van der Waals surface area contributed by atoms with Crippen LogP contribution in [-0.2, 0) is 17.6 Å². The quantitative estimate of drug-likeness (QED) is 0.848. The van der Waals surface area contributed by atoms with Gasteiger partial charge in [-0.25, -0.2) is 0 Å². The zero-order valence-electron chi connectivity index (χ0n) is 13.6. The second kappa shape index (κ2) is 7.97. The maximum Gasteiger partial charge on any atom is 0.251 e. The summed E-state index contributed by atoms with van der Waals surface area (Å²) in [7, 11) is 0. The van der Waals surface area contributed by atoms with Crippen LogP contribution in [0, 0.1) is 0 Å². The zero-order valence-corrected chi connectivity index (χ0v) is 13.6. The van der Waals surface area contributed by atoms with Gasteiger partial charge in [-0.2, -0.15) is 0 Å². The van der Waals surface area contributed by atoms with Gasteiger partial charge in [-0.05, 0) is 62.3 Å². The average molecular weight is 302 g/mol. The predicted molar refractivity (Wildman–Crippen MR) is 87.9 cm³/mol. The molecule has 120 valence electrons. The lowest BCUT2D eigenvalue weighted by Crippen LogP contribution is -2.35. The molecule has 1 unspecified atom stereocenters. The Hall–Kier alpha value is -1.84. The van der Waals surface area contributed by atoms with Crippen LogP contribution < -0.4 is 10.6 Å². The summed E-state index contributed by atoms with van der Waals surface area (Å²) < 4.78 is 0. The molecule has 2 amide bonds. The topological polar surface area (TPSA) is 58.2 Å². The maximum absolute atomic E-state index is 12.1. The molecule has 0 radical (unpaired) electrons. The highest BCUT2D eigenvalue weighted by Gasteiger charge is 2.13. The van der Waals surface area contributed by atoms with Crippen LogP contribution in [0.3, 0.4) is 0 Å². The average Bonchev–Trinajstić information content (AvgIpc) is 2.54. The number of carbonyl (C=O) groups excluding carboxylic acids is 2. The van der Waals surface area contributed by atoms with E-state index in [2.05, 4.69) is 16.7 Å². The molecule has 4 nitrogen and oxygen atoms in total. The summed E-state index contributed by atoms with van der Waals surface area (Å²) in [5.74, 6) is -0.107. The molecule has 0 heterocycles. The minimum Gasteiger partial charge on any atom is -0.354 e. The van der Waals surface area contributed by atoms with Crippen molar-refractivity contribution >= 4 is 11.8 Å². The summed E-state index contributed by atoms with van der Waals surface area (Å²) in [6.45, 7) is 4.38. The van der Waals surface area contributed by atoms with E-state index in [-0.39, 0.29) is 17.9 Å². The number of benzene rings is 1. The maximum atomic E-state index is 12.1. The van der Waals surface area contributed by atoms with E-state index in [1.54, 1.807) is 0 Å². The molecule has 0 aliphatic heterocycles. The zero-order chi connectivity index (χ0) is 15.9. The molecular formula is C18H26N2O2. The van der Waals surface area contributed by atoms with E-state index < -0.39 is 0 Å². The van der Waals surface area contributed by atoms with Crippen molar-refractivity contribution in [3.63, 3.8) is 0 Å². The minimum absolute atomic E-state index is 0.0138. The van der Waals surface area contributed by atoms with Gasteiger partial charge in [-0.1, -0.05) is 13.0 Å². The van der Waals surface area contributed by atoms with Gasteiger partial charge in [0.25, 0.3) is 5.91 Å². The smallest absolute Gasteiger partial charge is 0.251 e. The lowest BCUT2D eigenvalue weighted by Gasteiger charge is -2.16. The fourth-order valence-corrected chi connectivity index (χ4v) is 2.72. The van der Waals surface area contributed by atoms with Gasteiger partial charge < -0.3 is 10.6 Å². The number of amides is 2. The summed E-state index contributed by atoms with van der Waals surface area (Å²) in [4.78, 5) is 23.8. The highest BCUT2D eigenvalue weighted by Crippen LogP contribution is 2.22. The Kier molecular flexibility index (Phi) is 5.99. The Morgan fingerprint density at radius 2 is 1.91 bits per heavy atom. The molecule has 0 aromatic heterocycles. The van der Waals surface area contributed by atoms with Crippen LogP contribution in [0.4, 0.5) is 0 Å². The van der Waals surface area contributed by atoms with Crippen LogP contribution in [0.25, 0.3) is 0 Å². The van der Waals surface area contributed by atoms with Crippen molar-refractivity contribution < 1.29 is 9.59 Å². The van der Waals surface area contributed by atoms with Crippen LogP contribution in [0.15, 0.2) is 18.2 Å². The highest BCUT2D eigenvalue weighted by atomic mass is 16.2. The number of hydrogen-bond donors (Lipinski definition) is 2. The van der Waals surface area contributed by atoms with E-state index >= 15 is 0 Å². The third-order valence-corrected chi connectivity index (χ3v) is 4.27. The first-order chi connectivity index (χ1) is 10.6. The summed E-state index contributed by atoms with van der Waals surface area (Å²) in [5, 5.41) is 5.72. The minimum atomic E-state index is -0.0929. The molecule has 4 heteroatoms. The first-order valence-corrected chi connectivity index (χ1v) is 8.29. The van der Waals surface area contributed by atoms with Crippen molar-refractivity contribution in [2.45, 2.75) is 58.4 Å². The number of aryl methyl sites for hydroxylation is 2. The van der Waals surface area contributed by atoms with Crippen molar-refractivity contribution in [1.29, 1.82) is 0 Å². The second-order valence-electron chi connectivity index (χ2n) is 6.07. The van der Waals surface area contributed by atoms with Crippen LogP contribution in [0.1, 0.15) is 61.0 Å². The van der Waals surface area contributed by atoms with Crippen molar-refractivity contribution in [2.75, 3.05) is 6.54 Å². The molecule has 1 aromatic rings. The van der Waals surface area contributed by atoms with Gasteiger partial charge in [0.15, 0.2) is 0 Å². The Morgan fingerprint density at radius 1 is 1.18 bits per heavy atom. The van der Waals surface area contributed by atoms with E-state index in [0.717, 1.165) is 19.3 Å². The lowest BCUT2D eigenvalue weighted by molar-refractivity contribution is -0.121. The molecule has 1 aromatic carbocycles. The fourth-order valence-electron chi connectivity index (χ4n) is 2.72. The third-order valence-electron chi connectivity index (χ3n) is 4.27. The largest absolute Gasteiger partial charge is 0.354 e. The number of carbonyl (C=O) groups is 2. The van der Waals surface area contributed by atoms with E-state index in [1.807, 2.05) is 26.0 Å². The standard InChI is InChI=1S/C18H26N2O2/c1-3-13(2)20-17(21)10-11-19-18(22)16-9-8-14-6-4-5-7-15(14)12-16/h8-9,12-13H,3-7,10-11H2,1-2H3,(H,19,22)(H,20,21). The Balaban J connectivity index is 1.81. The van der Waals surface area contributed by atoms with Crippen molar-refractivity contribution in [1.82, 2.24) is 10.6 Å². The molecule has 0 bridgehead atoms. The normalized spacial score (nSPS) is 14.8. The first-order valence-electron chi connectivity index (χ1n) is 8.29. The predicted octanol–water partition coefficient (Wildman–Crippen LogP) is 2.60. The van der Waals surface area contributed by atoms with Gasteiger partial charge in [0.2, 0.25) is 5.91 Å². The molecule has 1 aliphatic carbocycles. The SMILES string of the molecule is CCC(C)NC(=O)CCNC(=O)c1ccc2c(c1)CCCC2. The summed E-state index contributed by atoms with van der Waals surface area (Å²) in [6.07, 6.45) is 5.85. The monoisotopic (exact) mass is 302 g/mol. The van der Waals surface area contributed by atoms with Crippen molar-refractivity contribution in [2.24, 2.45) is 0 Å². The number of nitrogens with one attached hydrogen (secondary N) is 2. The second-order valence-corrected chi connectivity index (χ2v) is 6.07. The number of hydrogen-bond acceptors (Lipinski definition) is 2. The Morgan fingerprint density at radius 3 is 2.64 bits per heavy atom.